The molecule has 0 aliphatic carbocycles. The summed E-state index contributed by atoms with van der Waals surface area (Å²) < 4.78 is 0. The second kappa shape index (κ2) is 5.55. The van der Waals surface area contributed by atoms with E-state index in [-0.39, 0.29) is 11.4 Å². The largest absolute Gasteiger partial charge is 0.364 e. The van der Waals surface area contributed by atoms with E-state index in [4.69, 9.17) is 0 Å². The number of nitro groups is 2. The molecule has 0 atom stereocenters. The van der Waals surface area contributed by atoms with Crippen LogP contribution in [0.15, 0.2) is 24.4 Å². The highest BCUT2D eigenvalue weighted by Crippen LogP contribution is 2.41. The Labute approximate surface area is 125 Å². The van der Waals surface area contributed by atoms with Crippen molar-refractivity contribution in [1.29, 1.82) is 0 Å². The smallest absolute Gasteiger partial charge is 0.301 e. The Balaban J connectivity index is 2.32. The standard InChI is InChI=1S/C14H14N4O4/c19-17(20)11-9-12(18(21)22)14(16-7-2-1-3-8-16)13-10(11)5-4-6-15-13/h4-6,9H,1-3,7-8H2. The van der Waals surface area contributed by atoms with E-state index < -0.39 is 9.85 Å². The molecule has 1 aliphatic heterocycles. The lowest BCUT2D eigenvalue weighted by molar-refractivity contribution is -0.392. The van der Waals surface area contributed by atoms with Crippen molar-refractivity contribution in [1.82, 2.24) is 4.98 Å². The van der Waals surface area contributed by atoms with Crippen LogP contribution in [0.25, 0.3) is 10.9 Å². The normalized spacial score (nSPS) is 15.0. The van der Waals surface area contributed by atoms with E-state index in [1.807, 2.05) is 4.90 Å². The van der Waals surface area contributed by atoms with Crippen LogP contribution in [0, 0.1) is 20.2 Å². The third kappa shape index (κ3) is 2.32. The zero-order valence-electron chi connectivity index (χ0n) is 11.8. The molecule has 3 rings (SSSR count). The second-order valence-corrected chi connectivity index (χ2v) is 5.22. The lowest BCUT2D eigenvalue weighted by atomic mass is 10.1. The first-order valence-electron chi connectivity index (χ1n) is 7.05. The number of rotatable bonds is 3. The molecule has 0 spiro atoms. The highest BCUT2D eigenvalue weighted by atomic mass is 16.6. The first kappa shape index (κ1) is 14.2. The third-order valence-corrected chi connectivity index (χ3v) is 3.89. The van der Waals surface area contributed by atoms with Gasteiger partial charge in [-0.3, -0.25) is 25.2 Å². The Kier molecular flexibility index (Phi) is 3.58. The van der Waals surface area contributed by atoms with Gasteiger partial charge in [-0.2, -0.15) is 0 Å². The van der Waals surface area contributed by atoms with Gasteiger partial charge in [-0.25, -0.2) is 0 Å². The van der Waals surface area contributed by atoms with E-state index >= 15 is 0 Å². The minimum absolute atomic E-state index is 0.250. The monoisotopic (exact) mass is 302 g/mol. The van der Waals surface area contributed by atoms with Crippen molar-refractivity contribution in [2.75, 3.05) is 18.0 Å². The number of hydrogen-bond donors (Lipinski definition) is 0. The van der Waals surface area contributed by atoms with Gasteiger partial charge in [-0.15, -0.1) is 0 Å². The summed E-state index contributed by atoms with van der Waals surface area (Å²) in [5.74, 6) is 0. The van der Waals surface area contributed by atoms with E-state index in [1.165, 1.54) is 6.20 Å². The molecule has 22 heavy (non-hydrogen) atoms. The Morgan fingerprint density at radius 2 is 1.73 bits per heavy atom. The van der Waals surface area contributed by atoms with Crippen molar-refractivity contribution in [2.45, 2.75) is 19.3 Å². The third-order valence-electron chi connectivity index (χ3n) is 3.89. The van der Waals surface area contributed by atoms with E-state index in [9.17, 15) is 20.2 Å². The topological polar surface area (TPSA) is 102 Å². The number of fused-ring (bicyclic) bond motifs is 1. The molecule has 2 heterocycles. The number of piperidine rings is 1. The fourth-order valence-electron chi connectivity index (χ4n) is 2.92. The number of nitro benzene ring substituents is 2. The molecule has 1 aliphatic rings. The second-order valence-electron chi connectivity index (χ2n) is 5.22. The number of pyridine rings is 1. The van der Waals surface area contributed by atoms with E-state index in [0.29, 0.717) is 29.7 Å². The van der Waals surface area contributed by atoms with Gasteiger partial charge in [0.25, 0.3) is 5.69 Å². The number of aromatic nitrogens is 1. The Morgan fingerprint density at radius 3 is 2.36 bits per heavy atom. The number of benzene rings is 1. The van der Waals surface area contributed by atoms with Crippen molar-refractivity contribution < 1.29 is 9.85 Å². The minimum atomic E-state index is -0.600. The predicted octanol–water partition coefficient (Wildman–Crippen LogP) is 3.04. The quantitative estimate of drug-likeness (QED) is 0.637. The first-order valence-corrected chi connectivity index (χ1v) is 7.05. The molecule has 0 N–H and O–H groups in total. The molecule has 0 radical (unpaired) electrons. The van der Waals surface area contributed by atoms with Gasteiger partial charge in [-0.05, 0) is 31.4 Å². The van der Waals surface area contributed by atoms with E-state index in [2.05, 4.69) is 4.98 Å². The number of non-ortho nitro benzene ring substituents is 1. The fraction of sp³-hybridized carbons (Fsp3) is 0.357. The van der Waals surface area contributed by atoms with Gasteiger partial charge in [-0.1, -0.05) is 0 Å². The summed E-state index contributed by atoms with van der Waals surface area (Å²) in [6, 6.07) is 4.23. The Hall–Kier alpha value is -2.77. The van der Waals surface area contributed by atoms with Crippen LogP contribution in [-0.4, -0.2) is 27.9 Å². The van der Waals surface area contributed by atoms with Gasteiger partial charge in [0, 0.05) is 19.3 Å². The van der Waals surface area contributed by atoms with Crippen LogP contribution in [0.5, 0.6) is 0 Å². The zero-order chi connectivity index (χ0) is 15.7. The van der Waals surface area contributed by atoms with Crippen LogP contribution < -0.4 is 4.90 Å². The minimum Gasteiger partial charge on any atom is -0.364 e. The molecular weight excluding hydrogens is 288 g/mol. The molecule has 8 nitrogen and oxygen atoms in total. The van der Waals surface area contributed by atoms with Crippen LogP contribution in [0.2, 0.25) is 0 Å². The first-order chi connectivity index (χ1) is 10.6. The molecule has 0 saturated carbocycles. The summed E-state index contributed by atoms with van der Waals surface area (Å²) in [6.45, 7) is 1.40. The maximum Gasteiger partial charge on any atom is 0.301 e. The van der Waals surface area contributed by atoms with Crippen LogP contribution in [-0.2, 0) is 0 Å². The number of nitrogens with zero attached hydrogens (tertiary/aromatic N) is 4. The number of hydrogen-bond acceptors (Lipinski definition) is 6. The molecular formula is C14H14N4O4. The lowest BCUT2D eigenvalue weighted by Crippen LogP contribution is -2.30. The molecule has 1 saturated heterocycles. The fourth-order valence-corrected chi connectivity index (χ4v) is 2.92. The molecule has 114 valence electrons. The summed E-state index contributed by atoms with van der Waals surface area (Å²) in [5, 5.41) is 23.0. The molecule has 0 bridgehead atoms. The van der Waals surface area contributed by atoms with Crippen LogP contribution in [0.1, 0.15) is 19.3 Å². The summed E-state index contributed by atoms with van der Waals surface area (Å²) in [6.07, 6.45) is 4.48. The molecule has 0 unspecified atom stereocenters. The van der Waals surface area contributed by atoms with E-state index in [1.54, 1.807) is 12.1 Å². The molecule has 8 heteroatoms. The molecule has 0 amide bonds. The highest BCUT2D eigenvalue weighted by molar-refractivity contribution is 6.01. The predicted molar refractivity (Wildman–Crippen MR) is 81.1 cm³/mol. The number of anilines is 1. The lowest BCUT2D eigenvalue weighted by Gasteiger charge is -2.28. The summed E-state index contributed by atoms with van der Waals surface area (Å²) in [7, 11) is 0. The van der Waals surface area contributed by atoms with Crippen LogP contribution >= 0.6 is 0 Å². The highest BCUT2D eigenvalue weighted by Gasteiger charge is 2.30. The van der Waals surface area contributed by atoms with E-state index in [0.717, 1.165) is 25.3 Å². The maximum absolute atomic E-state index is 11.4. The molecule has 1 aromatic carbocycles. The van der Waals surface area contributed by atoms with Crippen LogP contribution in [0.4, 0.5) is 17.1 Å². The van der Waals surface area contributed by atoms with Gasteiger partial charge in [0.15, 0.2) is 0 Å². The summed E-state index contributed by atoms with van der Waals surface area (Å²) >= 11 is 0. The summed E-state index contributed by atoms with van der Waals surface area (Å²) in [5.41, 5.74) is 0.187. The van der Waals surface area contributed by atoms with Gasteiger partial charge >= 0.3 is 5.69 Å². The van der Waals surface area contributed by atoms with Crippen molar-refractivity contribution in [2.24, 2.45) is 0 Å². The summed E-state index contributed by atoms with van der Waals surface area (Å²) in [4.78, 5) is 27.6. The van der Waals surface area contributed by atoms with Crippen LogP contribution in [0.3, 0.4) is 0 Å². The van der Waals surface area contributed by atoms with Gasteiger partial charge in [0.2, 0.25) is 0 Å². The SMILES string of the molecule is O=[N+]([O-])c1cc([N+](=O)[O-])c2cccnc2c1N1CCCCC1. The van der Waals surface area contributed by atoms with Crippen molar-refractivity contribution in [3.05, 3.63) is 44.6 Å². The van der Waals surface area contributed by atoms with Gasteiger partial charge in [0.05, 0.1) is 21.3 Å². The average Bonchev–Trinajstić information content (AvgIpc) is 2.53. The maximum atomic E-state index is 11.4. The molecule has 2 aromatic rings. The molecule has 1 aromatic heterocycles. The van der Waals surface area contributed by atoms with Gasteiger partial charge < -0.3 is 4.90 Å². The van der Waals surface area contributed by atoms with Crippen molar-refractivity contribution >= 4 is 28.0 Å². The Morgan fingerprint density at radius 1 is 1.05 bits per heavy atom. The van der Waals surface area contributed by atoms with Gasteiger partial charge in [0.1, 0.15) is 11.2 Å². The Bertz CT molecular complexity index is 756. The van der Waals surface area contributed by atoms with Crippen molar-refractivity contribution in [3.63, 3.8) is 0 Å². The van der Waals surface area contributed by atoms with Crippen molar-refractivity contribution in [3.8, 4) is 0 Å². The molecule has 1 fully saturated rings. The zero-order valence-corrected chi connectivity index (χ0v) is 11.8. The average molecular weight is 302 g/mol.